The van der Waals surface area contributed by atoms with E-state index in [0.29, 0.717) is 25.4 Å². The molecule has 1 aromatic heterocycles. The lowest BCUT2D eigenvalue weighted by atomic mass is 9.89. The van der Waals surface area contributed by atoms with Crippen LogP contribution in [0.4, 0.5) is 4.39 Å². The number of halogens is 1. The van der Waals surface area contributed by atoms with Crippen molar-refractivity contribution in [1.29, 1.82) is 0 Å². The Labute approximate surface area is 164 Å². The second-order valence-corrected chi connectivity index (χ2v) is 7.57. The highest BCUT2D eigenvalue weighted by molar-refractivity contribution is 5.83. The van der Waals surface area contributed by atoms with E-state index in [4.69, 9.17) is 0 Å². The van der Waals surface area contributed by atoms with E-state index in [-0.39, 0.29) is 11.7 Å². The van der Waals surface area contributed by atoms with Gasteiger partial charge in [-0.15, -0.1) is 0 Å². The topological polar surface area (TPSA) is 48.1 Å². The van der Waals surface area contributed by atoms with Crippen LogP contribution in [0.2, 0.25) is 0 Å². The van der Waals surface area contributed by atoms with E-state index in [2.05, 4.69) is 45.7 Å². The highest BCUT2D eigenvalue weighted by atomic mass is 19.1. The van der Waals surface area contributed by atoms with Gasteiger partial charge in [-0.1, -0.05) is 30.3 Å². The van der Waals surface area contributed by atoms with Crippen molar-refractivity contribution in [1.82, 2.24) is 15.2 Å². The van der Waals surface area contributed by atoms with Crippen LogP contribution in [0.5, 0.6) is 0 Å². The molecule has 4 rings (SSSR count). The normalized spacial score (nSPS) is 15.8. The van der Waals surface area contributed by atoms with Crippen LogP contribution in [0.25, 0.3) is 10.9 Å². The summed E-state index contributed by atoms with van der Waals surface area (Å²) >= 11 is 0. The van der Waals surface area contributed by atoms with E-state index in [1.54, 1.807) is 12.1 Å². The summed E-state index contributed by atoms with van der Waals surface area (Å²) in [6, 6.07) is 14.9. The summed E-state index contributed by atoms with van der Waals surface area (Å²) < 4.78 is 12.9. The monoisotopic (exact) mass is 379 g/mol. The van der Waals surface area contributed by atoms with Gasteiger partial charge >= 0.3 is 0 Å². The molecule has 1 aliphatic rings. The summed E-state index contributed by atoms with van der Waals surface area (Å²) in [5.74, 6) is 0.380. The van der Waals surface area contributed by atoms with Gasteiger partial charge in [0.25, 0.3) is 0 Å². The van der Waals surface area contributed by atoms with Crippen LogP contribution in [0.15, 0.2) is 54.7 Å². The summed E-state index contributed by atoms with van der Waals surface area (Å²) in [5.41, 5.74) is 3.63. The highest BCUT2D eigenvalue weighted by Crippen LogP contribution is 2.32. The van der Waals surface area contributed by atoms with Gasteiger partial charge in [0, 0.05) is 23.6 Å². The number of aromatic amines is 1. The molecule has 2 heterocycles. The maximum Gasteiger partial charge on any atom is 0.234 e. The number of carbonyl (C=O) groups is 1. The van der Waals surface area contributed by atoms with E-state index in [0.717, 1.165) is 31.5 Å². The highest BCUT2D eigenvalue weighted by Gasteiger charge is 2.23. The molecule has 0 bridgehead atoms. The molecule has 4 nitrogen and oxygen atoms in total. The number of likely N-dealkylation sites (tertiary alicyclic amines) is 1. The molecular formula is C23H26FN3O. The number of amides is 1. The van der Waals surface area contributed by atoms with Crippen LogP contribution in [0.1, 0.15) is 29.9 Å². The van der Waals surface area contributed by atoms with Gasteiger partial charge in [0.2, 0.25) is 5.91 Å². The summed E-state index contributed by atoms with van der Waals surface area (Å²) in [6.45, 7) is 2.91. The number of aromatic nitrogens is 1. The average Bonchev–Trinajstić information content (AvgIpc) is 3.14. The van der Waals surface area contributed by atoms with Gasteiger partial charge in [0.1, 0.15) is 5.82 Å². The van der Waals surface area contributed by atoms with Crippen LogP contribution in [-0.4, -0.2) is 42.0 Å². The number of fused-ring (bicyclic) bond motifs is 1. The molecule has 1 amide bonds. The zero-order valence-electron chi connectivity index (χ0n) is 16.0. The molecule has 0 atom stereocenters. The van der Waals surface area contributed by atoms with Gasteiger partial charge in [-0.05, 0) is 67.6 Å². The standard InChI is InChI=1S/C23H26FN3O/c24-19-7-5-17(6-8-19)9-12-25-23(28)16-27-13-10-18(11-14-27)21-15-26-22-4-2-1-3-20(21)22/h1-8,15,18,26H,9-14,16H2,(H,25,28). The summed E-state index contributed by atoms with van der Waals surface area (Å²) in [4.78, 5) is 17.8. The lowest BCUT2D eigenvalue weighted by molar-refractivity contribution is -0.122. The molecule has 2 N–H and O–H groups in total. The molecule has 5 heteroatoms. The van der Waals surface area contributed by atoms with Crippen LogP contribution < -0.4 is 5.32 Å². The third kappa shape index (κ3) is 4.42. The van der Waals surface area contributed by atoms with Crippen LogP contribution >= 0.6 is 0 Å². The Balaban J connectivity index is 1.22. The van der Waals surface area contributed by atoms with Crippen LogP contribution in [0, 0.1) is 5.82 Å². The predicted octanol–water partition coefficient (Wildman–Crippen LogP) is 3.85. The fraction of sp³-hybridized carbons (Fsp3) is 0.348. The number of H-pyrrole nitrogens is 1. The zero-order valence-corrected chi connectivity index (χ0v) is 16.0. The summed E-state index contributed by atoms with van der Waals surface area (Å²) in [6.07, 6.45) is 5.01. The van der Waals surface area contributed by atoms with Crippen LogP contribution in [0.3, 0.4) is 0 Å². The molecule has 0 radical (unpaired) electrons. The minimum absolute atomic E-state index is 0.0626. The smallest absolute Gasteiger partial charge is 0.234 e. The fourth-order valence-corrected chi connectivity index (χ4v) is 4.09. The number of hydrogen-bond donors (Lipinski definition) is 2. The van der Waals surface area contributed by atoms with E-state index < -0.39 is 0 Å². The van der Waals surface area contributed by atoms with Gasteiger partial charge in [-0.2, -0.15) is 0 Å². The Hall–Kier alpha value is -2.66. The molecule has 0 aliphatic carbocycles. The number of para-hydroxylation sites is 1. The van der Waals surface area contributed by atoms with E-state index in [1.165, 1.54) is 28.6 Å². The largest absolute Gasteiger partial charge is 0.361 e. The van der Waals surface area contributed by atoms with Crippen molar-refractivity contribution in [2.45, 2.75) is 25.2 Å². The molecule has 28 heavy (non-hydrogen) atoms. The number of nitrogens with one attached hydrogen (secondary N) is 2. The Morgan fingerprint density at radius 2 is 1.86 bits per heavy atom. The van der Waals surface area contributed by atoms with E-state index in [9.17, 15) is 9.18 Å². The summed E-state index contributed by atoms with van der Waals surface area (Å²) in [5, 5.41) is 4.30. The van der Waals surface area contributed by atoms with Crippen molar-refractivity contribution < 1.29 is 9.18 Å². The van der Waals surface area contributed by atoms with Crippen molar-refractivity contribution in [3.05, 3.63) is 71.7 Å². The molecule has 0 spiro atoms. The molecule has 1 fully saturated rings. The minimum atomic E-state index is -0.233. The molecule has 146 valence electrons. The number of piperidine rings is 1. The number of nitrogens with zero attached hydrogens (tertiary/aromatic N) is 1. The maximum absolute atomic E-state index is 12.9. The fourth-order valence-electron chi connectivity index (χ4n) is 4.09. The van der Waals surface area contributed by atoms with Gasteiger partial charge in [0.05, 0.1) is 6.54 Å². The van der Waals surface area contributed by atoms with Gasteiger partial charge in [-0.3, -0.25) is 9.69 Å². The lowest BCUT2D eigenvalue weighted by Crippen LogP contribution is -2.41. The quantitative estimate of drug-likeness (QED) is 0.684. The summed E-state index contributed by atoms with van der Waals surface area (Å²) in [7, 11) is 0. The number of rotatable bonds is 6. The Morgan fingerprint density at radius 1 is 1.11 bits per heavy atom. The van der Waals surface area contributed by atoms with E-state index >= 15 is 0 Å². The molecule has 3 aromatic rings. The molecule has 1 saturated heterocycles. The average molecular weight is 379 g/mol. The number of carbonyl (C=O) groups excluding carboxylic acids is 1. The first-order valence-corrected chi connectivity index (χ1v) is 9.98. The van der Waals surface area contributed by atoms with Gasteiger partial charge in [-0.25, -0.2) is 4.39 Å². The molecule has 0 unspecified atom stereocenters. The van der Waals surface area contributed by atoms with Gasteiger partial charge < -0.3 is 10.3 Å². The predicted molar refractivity (Wildman–Crippen MR) is 110 cm³/mol. The maximum atomic E-state index is 12.9. The minimum Gasteiger partial charge on any atom is -0.361 e. The van der Waals surface area contributed by atoms with Crippen molar-refractivity contribution in [2.24, 2.45) is 0 Å². The molecule has 1 aliphatic heterocycles. The second kappa shape index (κ2) is 8.57. The van der Waals surface area contributed by atoms with Crippen molar-refractivity contribution in [2.75, 3.05) is 26.2 Å². The first-order chi connectivity index (χ1) is 13.7. The Kier molecular flexibility index (Phi) is 5.72. The molecule has 0 saturated carbocycles. The van der Waals surface area contributed by atoms with Crippen LogP contribution in [-0.2, 0) is 11.2 Å². The third-order valence-corrected chi connectivity index (χ3v) is 5.66. The second-order valence-electron chi connectivity index (χ2n) is 7.57. The van der Waals surface area contributed by atoms with Gasteiger partial charge in [0.15, 0.2) is 0 Å². The van der Waals surface area contributed by atoms with E-state index in [1.807, 2.05) is 0 Å². The number of benzene rings is 2. The first kappa shape index (κ1) is 18.7. The zero-order chi connectivity index (χ0) is 19.3. The Bertz CT molecular complexity index is 926. The number of hydrogen-bond acceptors (Lipinski definition) is 2. The van der Waals surface area contributed by atoms with Crippen molar-refractivity contribution in [3.8, 4) is 0 Å². The van der Waals surface area contributed by atoms with Crippen molar-refractivity contribution >= 4 is 16.8 Å². The van der Waals surface area contributed by atoms with Crippen molar-refractivity contribution in [3.63, 3.8) is 0 Å². The Morgan fingerprint density at radius 3 is 2.64 bits per heavy atom. The molecular weight excluding hydrogens is 353 g/mol. The first-order valence-electron chi connectivity index (χ1n) is 9.98. The molecule has 2 aromatic carbocycles. The lowest BCUT2D eigenvalue weighted by Gasteiger charge is -2.31. The third-order valence-electron chi connectivity index (χ3n) is 5.66. The SMILES string of the molecule is O=C(CN1CCC(c2c[nH]c3ccccc23)CC1)NCCc1ccc(F)cc1.